The van der Waals surface area contributed by atoms with Crippen molar-refractivity contribution >= 4 is 11.9 Å². The van der Waals surface area contributed by atoms with E-state index in [4.69, 9.17) is 5.11 Å². The molecule has 2 aromatic heterocycles. The molecule has 2 heterocycles. The number of carbonyl (C=O) groups is 2. The van der Waals surface area contributed by atoms with Crippen LogP contribution in [0.4, 0.5) is 0 Å². The molecular weight excluding hydrogens is 238 g/mol. The molecule has 0 aliphatic rings. The summed E-state index contributed by atoms with van der Waals surface area (Å²) in [6.07, 6.45) is 2.97. The maximum atomic E-state index is 11.5. The average molecular weight is 249 g/mol. The van der Waals surface area contributed by atoms with E-state index in [9.17, 15) is 9.59 Å². The summed E-state index contributed by atoms with van der Waals surface area (Å²) in [5, 5.41) is 18.4. The number of rotatable bonds is 5. The number of carboxylic acids is 1. The Labute approximate surface area is 102 Å². The summed E-state index contributed by atoms with van der Waals surface area (Å²) in [4.78, 5) is 24.9. The predicted octanol–water partition coefficient (Wildman–Crippen LogP) is -0.266. The first-order valence-electron chi connectivity index (χ1n) is 5.22. The minimum absolute atomic E-state index is 0.120. The summed E-state index contributed by atoms with van der Waals surface area (Å²) in [6.45, 7) is 0.688. The second kappa shape index (κ2) is 5.13. The highest BCUT2D eigenvalue weighted by Gasteiger charge is 2.08. The fraction of sp³-hybridized carbons (Fsp3) is 0.200. The molecule has 0 aliphatic heterocycles. The van der Waals surface area contributed by atoms with Gasteiger partial charge in [-0.05, 0) is 12.1 Å². The van der Waals surface area contributed by atoms with Crippen LogP contribution in [0.25, 0.3) is 0 Å². The minimum atomic E-state index is -1.13. The highest BCUT2D eigenvalue weighted by atomic mass is 16.4. The van der Waals surface area contributed by atoms with Crippen LogP contribution >= 0.6 is 0 Å². The van der Waals surface area contributed by atoms with E-state index in [1.807, 2.05) is 0 Å². The Bertz CT molecular complexity index is 546. The number of hydrogen-bond donors (Lipinski definition) is 3. The van der Waals surface area contributed by atoms with Crippen LogP contribution in [0.5, 0.6) is 0 Å². The van der Waals surface area contributed by atoms with Gasteiger partial charge in [-0.3, -0.25) is 4.79 Å². The van der Waals surface area contributed by atoms with Gasteiger partial charge >= 0.3 is 5.97 Å². The Hall–Kier alpha value is -2.64. The highest BCUT2D eigenvalue weighted by Crippen LogP contribution is 1.94. The number of nitrogens with one attached hydrogen (secondary N) is 2. The van der Waals surface area contributed by atoms with Crippen molar-refractivity contribution in [3.63, 3.8) is 0 Å². The number of aromatic carboxylic acids is 1. The summed E-state index contributed by atoms with van der Waals surface area (Å²) >= 11 is 0. The first-order chi connectivity index (χ1) is 8.66. The topological polar surface area (TPSA) is 113 Å². The number of amides is 1. The van der Waals surface area contributed by atoms with E-state index in [-0.39, 0.29) is 11.6 Å². The van der Waals surface area contributed by atoms with Crippen LogP contribution < -0.4 is 5.32 Å². The van der Waals surface area contributed by atoms with E-state index in [0.29, 0.717) is 18.8 Å². The van der Waals surface area contributed by atoms with Crippen molar-refractivity contribution in [2.45, 2.75) is 6.54 Å². The first-order valence-corrected chi connectivity index (χ1v) is 5.22. The van der Waals surface area contributed by atoms with Gasteiger partial charge < -0.3 is 15.4 Å². The van der Waals surface area contributed by atoms with Crippen LogP contribution in [0.1, 0.15) is 21.0 Å². The van der Waals surface area contributed by atoms with Crippen LogP contribution in [0.3, 0.4) is 0 Å². The number of nitrogens with zero attached hydrogens (tertiary/aromatic N) is 3. The van der Waals surface area contributed by atoms with Gasteiger partial charge in [0.2, 0.25) is 0 Å². The molecule has 0 unspecified atom stereocenters. The van der Waals surface area contributed by atoms with Gasteiger partial charge in [-0.15, -0.1) is 5.10 Å². The van der Waals surface area contributed by atoms with Gasteiger partial charge in [-0.1, -0.05) is 5.21 Å². The van der Waals surface area contributed by atoms with Crippen molar-refractivity contribution in [2.75, 3.05) is 6.54 Å². The third kappa shape index (κ3) is 2.73. The normalized spacial score (nSPS) is 10.2. The molecule has 8 nitrogen and oxygen atoms in total. The van der Waals surface area contributed by atoms with E-state index >= 15 is 0 Å². The zero-order chi connectivity index (χ0) is 13.0. The van der Waals surface area contributed by atoms with Gasteiger partial charge in [-0.25, -0.2) is 9.48 Å². The second-order valence-electron chi connectivity index (χ2n) is 3.51. The fourth-order valence-corrected chi connectivity index (χ4v) is 1.36. The monoisotopic (exact) mass is 249 g/mol. The van der Waals surface area contributed by atoms with Crippen LogP contribution in [0, 0.1) is 0 Å². The van der Waals surface area contributed by atoms with Crippen molar-refractivity contribution in [3.05, 3.63) is 35.9 Å². The van der Waals surface area contributed by atoms with Gasteiger partial charge in [-0.2, -0.15) is 0 Å². The maximum absolute atomic E-state index is 11.5. The summed E-state index contributed by atoms with van der Waals surface area (Å²) in [5.41, 5.74) is 0.352. The molecule has 2 rings (SSSR count). The summed E-state index contributed by atoms with van der Waals surface area (Å²) in [7, 11) is 0. The second-order valence-corrected chi connectivity index (χ2v) is 3.51. The Balaban J connectivity index is 1.81. The molecule has 0 fully saturated rings. The maximum Gasteiger partial charge on any atom is 0.358 e. The molecule has 0 saturated heterocycles. The molecule has 1 amide bonds. The molecule has 3 N–H and O–H groups in total. The largest absolute Gasteiger partial charge is 0.476 e. The Morgan fingerprint density at radius 2 is 2.33 bits per heavy atom. The summed E-state index contributed by atoms with van der Waals surface area (Å²) in [6, 6.07) is 3.39. The summed E-state index contributed by atoms with van der Waals surface area (Å²) < 4.78 is 1.36. The molecule has 2 aromatic rings. The van der Waals surface area contributed by atoms with Crippen molar-refractivity contribution in [3.8, 4) is 0 Å². The minimum Gasteiger partial charge on any atom is -0.476 e. The number of hydrogen-bond acceptors (Lipinski definition) is 4. The number of aromatic nitrogens is 4. The zero-order valence-electron chi connectivity index (χ0n) is 9.33. The van der Waals surface area contributed by atoms with E-state index in [1.165, 1.54) is 10.9 Å². The molecular formula is C10H11N5O3. The van der Waals surface area contributed by atoms with Gasteiger partial charge in [0.15, 0.2) is 5.69 Å². The molecule has 0 radical (unpaired) electrons. The molecule has 0 saturated carbocycles. The molecule has 0 bridgehead atoms. The van der Waals surface area contributed by atoms with Crippen molar-refractivity contribution < 1.29 is 14.7 Å². The third-order valence-electron chi connectivity index (χ3n) is 2.23. The number of H-pyrrole nitrogens is 1. The number of aromatic amines is 1. The quantitative estimate of drug-likeness (QED) is 0.675. The lowest BCUT2D eigenvalue weighted by Gasteiger charge is -2.03. The molecule has 8 heteroatoms. The molecule has 0 aromatic carbocycles. The molecule has 94 valence electrons. The van der Waals surface area contributed by atoms with Crippen molar-refractivity contribution in [2.24, 2.45) is 0 Å². The SMILES string of the molecule is O=C(O)c1cn(CCNC(=O)c2ccc[nH]2)nn1. The third-order valence-corrected chi connectivity index (χ3v) is 2.23. The van der Waals surface area contributed by atoms with Crippen LogP contribution in [-0.4, -0.2) is 43.5 Å². The molecule has 0 atom stereocenters. The standard InChI is InChI=1S/C10H11N5O3/c16-9(7-2-1-3-11-7)12-4-5-15-6-8(10(17)18)13-14-15/h1-3,6,11H,4-5H2,(H,12,16)(H,17,18). The molecule has 0 spiro atoms. The van der Waals surface area contributed by atoms with Crippen molar-refractivity contribution in [1.82, 2.24) is 25.3 Å². The van der Waals surface area contributed by atoms with E-state index in [1.54, 1.807) is 18.3 Å². The molecule has 18 heavy (non-hydrogen) atoms. The molecule has 0 aliphatic carbocycles. The Kier molecular flexibility index (Phi) is 3.37. The van der Waals surface area contributed by atoms with E-state index < -0.39 is 5.97 Å². The average Bonchev–Trinajstić information content (AvgIpc) is 3.00. The van der Waals surface area contributed by atoms with Gasteiger partial charge in [0.05, 0.1) is 12.7 Å². The zero-order valence-corrected chi connectivity index (χ0v) is 9.33. The Morgan fingerprint density at radius 3 is 2.94 bits per heavy atom. The van der Waals surface area contributed by atoms with E-state index in [0.717, 1.165) is 0 Å². The first kappa shape index (κ1) is 11.8. The van der Waals surface area contributed by atoms with Crippen LogP contribution in [0.2, 0.25) is 0 Å². The summed E-state index contributed by atoms with van der Waals surface area (Å²) in [5.74, 6) is -1.35. The lowest BCUT2D eigenvalue weighted by atomic mass is 10.4. The van der Waals surface area contributed by atoms with Crippen LogP contribution in [0.15, 0.2) is 24.5 Å². The number of carboxylic acid groups (broad SMARTS) is 1. The van der Waals surface area contributed by atoms with E-state index in [2.05, 4.69) is 20.6 Å². The Morgan fingerprint density at radius 1 is 1.50 bits per heavy atom. The lowest BCUT2D eigenvalue weighted by Crippen LogP contribution is -2.27. The smallest absolute Gasteiger partial charge is 0.358 e. The lowest BCUT2D eigenvalue weighted by molar-refractivity contribution is 0.0690. The van der Waals surface area contributed by atoms with Gasteiger partial charge in [0.25, 0.3) is 5.91 Å². The van der Waals surface area contributed by atoms with Crippen LogP contribution in [-0.2, 0) is 6.54 Å². The predicted molar refractivity (Wildman–Crippen MR) is 60.1 cm³/mol. The number of carbonyl (C=O) groups excluding carboxylic acids is 1. The highest BCUT2D eigenvalue weighted by molar-refractivity contribution is 5.92. The fourth-order valence-electron chi connectivity index (χ4n) is 1.36. The van der Waals surface area contributed by atoms with Gasteiger partial charge in [0, 0.05) is 12.7 Å². The van der Waals surface area contributed by atoms with Crippen molar-refractivity contribution in [1.29, 1.82) is 0 Å². The van der Waals surface area contributed by atoms with Gasteiger partial charge in [0.1, 0.15) is 5.69 Å².